The van der Waals surface area contributed by atoms with Gasteiger partial charge in [0.25, 0.3) is 0 Å². The monoisotopic (exact) mass is 254 g/mol. The summed E-state index contributed by atoms with van der Waals surface area (Å²) < 4.78 is 0. The van der Waals surface area contributed by atoms with Gasteiger partial charge in [0.2, 0.25) is 11.2 Å². The van der Waals surface area contributed by atoms with Crippen molar-refractivity contribution in [1.82, 2.24) is 9.97 Å². The van der Waals surface area contributed by atoms with Crippen LogP contribution < -0.4 is 9.80 Å². The highest BCUT2D eigenvalue weighted by Crippen LogP contribution is 2.34. The fraction of sp³-hybridized carbons (Fsp3) is 0.545. The van der Waals surface area contributed by atoms with E-state index >= 15 is 0 Å². The molecule has 1 aromatic rings. The van der Waals surface area contributed by atoms with E-state index in [4.69, 9.17) is 11.6 Å². The Labute approximate surface area is 105 Å². The summed E-state index contributed by atoms with van der Waals surface area (Å²) in [7, 11) is 1.74. The molecule has 0 bridgehead atoms. The van der Waals surface area contributed by atoms with Crippen LogP contribution in [0.15, 0.2) is 6.20 Å². The topological polar surface area (TPSA) is 49.3 Å². The number of hydrogen-bond acceptors (Lipinski definition) is 4. The fourth-order valence-corrected chi connectivity index (χ4v) is 2.31. The molecule has 0 saturated heterocycles. The summed E-state index contributed by atoms with van der Waals surface area (Å²) in [6.45, 7) is 4.71. The SMILES string of the molecule is CC[C@@H]1C(=O)N(C)c2cnc(Cl)nc2N1CC. The van der Waals surface area contributed by atoms with Gasteiger partial charge in [-0.25, -0.2) is 4.98 Å². The molecule has 1 amide bonds. The zero-order valence-corrected chi connectivity index (χ0v) is 10.9. The molecule has 6 heteroatoms. The molecule has 2 heterocycles. The van der Waals surface area contributed by atoms with Crippen molar-refractivity contribution in [3.63, 3.8) is 0 Å². The molecule has 92 valence electrons. The van der Waals surface area contributed by atoms with E-state index in [-0.39, 0.29) is 17.2 Å². The molecule has 2 rings (SSSR count). The van der Waals surface area contributed by atoms with Crippen LogP contribution in [0, 0.1) is 0 Å². The summed E-state index contributed by atoms with van der Waals surface area (Å²) in [4.78, 5) is 23.9. The van der Waals surface area contributed by atoms with Crippen LogP contribution in [0.5, 0.6) is 0 Å². The highest BCUT2D eigenvalue weighted by atomic mass is 35.5. The molecule has 0 N–H and O–H groups in total. The Bertz CT molecular complexity index is 451. The number of likely N-dealkylation sites (N-methyl/N-ethyl adjacent to an activating group) is 2. The van der Waals surface area contributed by atoms with Crippen LogP contribution in [0.2, 0.25) is 5.28 Å². The molecule has 1 aliphatic heterocycles. The van der Waals surface area contributed by atoms with E-state index in [1.807, 2.05) is 18.7 Å². The number of anilines is 2. The molecule has 0 aromatic carbocycles. The summed E-state index contributed by atoms with van der Waals surface area (Å²) in [6.07, 6.45) is 2.34. The van der Waals surface area contributed by atoms with Gasteiger partial charge in [-0.1, -0.05) is 6.92 Å². The van der Waals surface area contributed by atoms with Gasteiger partial charge >= 0.3 is 0 Å². The van der Waals surface area contributed by atoms with Gasteiger partial charge in [0.1, 0.15) is 11.7 Å². The van der Waals surface area contributed by atoms with Crippen LogP contribution in [0.1, 0.15) is 20.3 Å². The highest BCUT2D eigenvalue weighted by Gasteiger charge is 2.35. The van der Waals surface area contributed by atoms with Crippen molar-refractivity contribution in [3.05, 3.63) is 11.5 Å². The number of rotatable bonds is 2. The van der Waals surface area contributed by atoms with Gasteiger partial charge in [-0.3, -0.25) is 4.79 Å². The van der Waals surface area contributed by atoms with Crippen molar-refractivity contribution in [2.75, 3.05) is 23.4 Å². The highest BCUT2D eigenvalue weighted by molar-refractivity contribution is 6.28. The van der Waals surface area contributed by atoms with Crippen molar-refractivity contribution in [1.29, 1.82) is 0 Å². The maximum absolute atomic E-state index is 12.2. The minimum absolute atomic E-state index is 0.0766. The number of nitrogens with zero attached hydrogens (tertiary/aromatic N) is 4. The summed E-state index contributed by atoms with van der Waals surface area (Å²) in [5.41, 5.74) is 0.714. The standard InChI is InChI=1S/C11H15ClN4O/c1-4-7-10(17)15(3)8-6-13-11(12)14-9(8)16(7)5-2/h6-7H,4-5H2,1-3H3/t7-/m1/s1. The second kappa shape index (κ2) is 4.49. The summed E-state index contributed by atoms with van der Waals surface area (Å²) >= 11 is 5.82. The van der Waals surface area contributed by atoms with Crippen LogP contribution in [-0.2, 0) is 4.79 Å². The van der Waals surface area contributed by atoms with E-state index in [9.17, 15) is 4.79 Å². The van der Waals surface area contributed by atoms with Gasteiger partial charge < -0.3 is 9.80 Å². The van der Waals surface area contributed by atoms with Crippen molar-refractivity contribution in [3.8, 4) is 0 Å². The lowest BCUT2D eigenvalue weighted by molar-refractivity contribution is -0.120. The number of amides is 1. The van der Waals surface area contributed by atoms with E-state index < -0.39 is 0 Å². The van der Waals surface area contributed by atoms with Gasteiger partial charge in [-0.05, 0) is 24.9 Å². The lowest BCUT2D eigenvalue weighted by Gasteiger charge is -2.39. The zero-order valence-electron chi connectivity index (χ0n) is 10.1. The van der Waals surface area contributed by atoms with Gasteiger partial charge in [-0.15, -0.1) is 0 Å². The predicted molar refractivity (Wildman–Crippen MR) is 67.6 cm³/mol. The molecule has 0 fully saturated rings. The Balaban J connectivity index is 2.56. The smallest absolute Gasteiger partial charge is 0.249 e. The van der Waals surface area contributed by atoms with Gasteiger partial charge in [0.15, 0.2) is 5.82 Å². The molecular formula is C11H15ClN4O. The van der Waals surface area contributed by atoms with Crippen LogP contribution >= 0.6 is 11.6 Å². The Morgan fingerprint density at radius 3 is 2.76 bits per heavy atom. The van der Waals surface area contributed by atoms with Crippen molar-refractivity contribution >= 4 is 29.0 Å². The Morgan fingerprint density at radius 1 is 1.47 bits per heavy atom. The minimum atomic E-state index is -0.163. The summed E-state index contributed by atoms with van der Waals surface area (Å²) in [5.74, 6) is 0.814. The number of fused-ring (bicyclic) bond motifs is 1. The molecular weight excluding hydrogens is 240 g/mol. The average molecular weight is 255 g/mol. The lowest BCUT2D eigenvalue weighted by Crippen LogP contribution is -2.52. The number of halogens is 1. The van der Waals surface area contributed by atoms with E-state index in [2.05, 4.69) is 9.97 Å². The number of hydrogen-bond donors (Lipinski definition) is 0. The van der Waals surface area contributed by atoms with E-state index in [0.717, 1.165) is 18.8 Å². The van der Waals surface area contributed by atoms with Crippen molar-refractivity contribution in [2.45, 2.75) is 26.3 Å². The third-order valence-electron chi connectivity index (χ3n) is 3.07. The molecule has 1 aliphatic rings. The van der Waals surface area contributed by atoms with Crippen LogP contribution in [0.3, 0.4) is 0 Å². The maximum Gasteiger partial charge on any atom is 0.249 e. The van der Waals surface area contributed by atoms with E-state index in [1.165, 1.54) is 0 Å². The van der Waals surface area contributed by atoms with Crippen molar-refractivity contribution < 1.29 is 4.79 Å². The van der Waals surface area contributed by atoms with E-state index in [1.54, 1.807) is 18.1 Å². The average Bonchev–Trinajstić information content (AvgIpc) is 2.33. The maximum atomic E-state index is 12.2. The first-order chi connectivity index (χ1) is 8.10. The Hall–Kier alpha value is -1.36. The van der Waals surface area contributed by atoms with Crippen LogP contribution in [0.25, 0.3) is 0 Å². The number of carbonyl (C=O) groups excluding carboxylic acids is 1. The van der Waals surface area contributed by atoms with Gasteiger partial charge in [0.05, 0.1) is 6.20 Å². The second-order valence-electron chi connectivity index (χ2n) is 3.96. The summed E-state index contributed by atoms with van der Waals surface area (Å²) in [6, 6.07) is -0.163. The first-order valence-corrected chi connectivity index (χ1v) is 6.04. The molecule has 0 radical (unpaired) electrons. The molecule has 17 heavy (non-hydrogen) atoms. The molecule has 1 aromatic heterocycles. The van der Waals surface area contributed by atoms with Crippen molar-refractivity contribution in [2.24, 2.45) is 0 Å². The number of carbonyl (C=O) groups is 1. The quantitative estimate of drug-likeness (QED) is 0.754. The van der Waals surface area contributed by atoms with E-state index in [0.29, 0.717) is 5.69 Å². The lowest BCUT2D eigenvalue weighted by atomic mass is 10.1. The molecule has 0 saturated carbocycles. The zero-order chi connectivity index (χ0) is 12.6. The Kier molecular flexibility index (Phi) is 3.19. The molecule has 0 aliphatic carbocycles. The normalized spacial score (nSPS) is 19.5. The summed E-state index contributed by atoms with van der Waals surface area (Å²) in [5, 5.41) is 0.208. The third-order valence-corrected chi connectivity index (χ3v) is 3.26. The largest absolute Gasteiger partial charge is 0.343 e. The predicted octanol–water partition coefficient (Wildman–Crippen LogP) is 1.71. The van der Waals surface area contributed by atoms with Gasteiger partial charge in [0, 0.05) is 13.6 Å². The number of aromatic nitrogens is 2. The fourth-order valence-electron chi connectivity index (χ4n) is 2.18. The first-order valence-electron chi connectivity index (χ1n) is 5.66. The second-order valence-corrected chi connectivity index (χ2v) is 4.29. The van der Waals surface area contributed by atoms with Crippen LogP contribution in [-0.4, -0.2) is 35.5 Å². The van der Waals surface area contributed by atoms with Gasteiger partial charge in [-0.2, -0.15) is 4.98 Å². The molecule has 0 unspecified atom stereocenters. The minimum Gasteiger partial charge on any atom is -0.343 e. The van der Waals surface area contributed by atoms with Crippen LogP contribution in [0.4, 0.5) is 11.5 Å². The Morgan fingerprint density at radius 2 is 2.18 bits per heavy atom. The molecule has 0 spiro atoms. The molecule has 1 atom stereocenters. The third kappa shape index (κ3) is 1.84. The molecule has 5 nitrogen and oxygen atoms in total. The first kappa shape index (κ1) is 12.1.